The topological polar surface area (TPSA) is 78.7 Å². The molecule has 0 unspecified atom stereocenters. The van der Waals surface area contributed by atoms with Crippen molar-refractivity contribution in [2.24, 2.45) is 0 Å². The van der Waals surface area contributed by atoms with Crippen LogP contribution >= 0.6 is 0 Å². The van der Waals surface area contributed by atoms with Crippen molar-refractivity contribution in [2.45, 2.75) is 19.4 Å². The highest BCUT2D eigenvalue weighted by Gasteiger charge is 2.12. The molecule has 0 N–H and O–H groups in total. The maximum Gasteiger partial charge on any atom is 0.309 e. The summed E-state index contributed by atoms with van der Waals surface area (Å²) in [6.45, 7) is 1.82. The number of nitrogens with zero attached hydrogens (tertiary/aromatic N) is 1. The predicted molar refractivity (Wildman–Crippen MR) is 84.3 cm³/mol. The molecule has 0 spiro atoms. The van der Waals surface area contributed by atoms with Gasteiger partial charge in [0.05, 0.1) is 18.5 Å². The Hall–Kier alpha value is -2.89. The Morgan fingerprint density at radius 3 is 2.52 bits per heavy atom. The summed E-state index contributed by atoms with van der Waals surface area (Å²) in [4.78, 5) is 21.6. The highest BCUT2D eigenvalue weighted by Crippen LogP contribution is 2.24. The van der Waals surface area contributed by atoms with Crippen molar-refractivity contribution in [3.8, 4) is 5.75 Å². The van der Waals surface area contributed by atoms with Crippen molar-refractivity contribution < 1.29 is 19.2 Å². The number of esters is 1. The van der Waals surface area contributed by atoms with Crippen LogP contribution in [0, 0.1) is 10.1 Å². The van der Waals surface area contributed by atoms with Gasteiger partial charge in [0.2, 0.25) is 0 Å². The summed E-state index contributed by atoms with van der Waals surface area (Å²) in [5, 5.41) is 10.8. The molecule has 2 aromatic carbocycles. The zero-order valence-electron chi connectivity index (χ0n) is 12.9. The molecule has 23 heavy (non-hydrogen) atoms. The molecule has 0 aliphatic heterocycles. The molecule has 0 bridgehead atoms. The summed E-state index contributed by atoms with van der Waals surface area (Å²) in [6, 6.07) is 13.4. The highest BCUT2D eigenvalue weighted by atomic mass is 16.6. The molecule has 0 amide bonds. The molecule has 6 heteroatoms. The van der Waals surface area contributed by atoms with E-state index in [-0.39, 0.29) is 24.2 Å². The fourth-order valence-electron chi connectivity index (χ4n) is 2.09. The van der Waals surface area contributed by atoms with Crippen LogP contribution in [0.1, 0.15) is 24.2 Å². The van der Waals surface area contributed by atoms with Gasteiger partial charge < -0.3 is 9.47 Å². The zero-order chi connectivity index (χ0) is 16.8. The van der Waals surface area contributed by atoms with Crippen LogP contribution in [-0.4, -0.2) is 18.0 Å². The van der Waals surface area contributed by atoms with E-state index in [2.05, 4.69) is 4.74 Å². The van der Waals surface area contributed by atoms with Crippen molar-refractivity contribution in [1.29, 1.82) is 0 Å². The number of ether oxygens (including phenoxy) is 2. The Labute approximate surface area is 133 Å². The normalized spacial score (nSPS) is 11.6. The Morgan fingerprint density at radius 1 is 1.22 bits per heavy atom. The average molecular weight is 315 g/mol. The van der Waals surface area contributed by atoms with Crippen molar-refractivity contribution in [1.82, 2.24) is 0 Å². The van der Waals surface area contributed by atoms with Crippen LogP contribution in [0.5, 0.6) is 5.75 Å². The number of non-ortho nitro benzene ring substituents is 1. The number of carbonyl (C=O) groups excluding carboxylic acids is 1. The summed E-state index contributed by atoms with van der Waals surface area (Å²) in [5.41, 5.74) is 1.58. The van der Waals surface area contributed by atoms with Gasteiger partial charge in [-0.05, 0) is 30.2 Å². The number of hydrogen-bond acceptors (Lipinski definition) is 5. The van der Waals surface area contributed by atoms with E-state index in [0.717, 1.165) is 11.1 Å². The fraction of sp³-hybridized carbons (Fsp3) is 0.235. The van der Waals surface area contributed by atoms with E-state index in [1.165, 1.54) is 19.2 Å². The van der Waals surface area contributed by atoms with E-state index in [1.807, 2.05) is 6.92 Å². The van der Waals surface area contributed by atoms with E-state index in [4.69, 9.17) is 4.74 Å². The van der Waals surface area contributed by atoms with Crippen LogP contribution in [0.4, 0.5) is 5.69 Å². The first-order valence-corrected chi connectivity index (χ1v) is 7.06. The molecule has 0 radical (unpaired) electrons. The van der Waals surface area contributed by atoms with Gasteiger partial charge in [0.1, 0.15) is 11.9 Å². The monoisotopic (exact) mass is 315 g/mol. The largest absolute Gasteiger partial charge is 0.486 e. The SMILES string of the molecule is COC(=O)Cc1ccc(O[C@@H](C)c2cccc([N+](=O)[O-])c2)cc1. The van der Waals surface area contributed by atoms with E-state index >= 15 is 0 Å². The number of methoxy groups -OCH3 is 1. The number of hydrogen-bond donors (Lipinski definition) is 0. The molecule has 0 aliphatic carbocycles. The fourth-order valence-corrected chi connectivity index (χ4v) is 2.09. The highest BCUT2D eigenvalue weighted by molar-refractivity contribution is 5.72. The standard InChI is InChI=1S/C17H17NO5/c1-12(14-4-3-5-15(11-14)18(20)21)23-16-8-6-13(7-9-16)10-17(19)22-2/h3-9,11-12H,10H2,1-2H3/t12-/m0/s1. The summed E-state index contributed by atoms with van der Waals surface area (Å²) in [6.07, 6.45) is -0.127. The van der Waals surface area contributed by atoms with Crippen molar-refractivity contribution >= 4 is 11.7 Å². The van der Waals surface area contributed by atoms with Gasteiger partial charge in [-0.15, -0.1) is 0 Å². The van der Waals surface area contributed by atoms with Gasteiger partial charge in [0, 0.05) is 12.1 Å². The number of nitro benzene ring substituents is 1. The molecule has 2 aromatic rings. The quantitative estimate of drug-likeness (QED) is 0.463. The minimum absolute atomic E-state index is 0.0337. The van der Waals surface area contributed by atoms with Gasteiger partial charge in [-0.1, -0.05) is 24.3 Å². The molecule has 0 saturated carbocycles. The van der Waals surface area contributed by atoms with Gasteiger partial charge in [-0.25, -0.2) is 0 Å². The Bertz CT molecular complexity index is 696. The summed E-state index contributed by atoms with van der Waals surface area (Å²) >= 11 is 0. The van der Waals surface area contributed by atoms with Crippen molar-refractivity contribution in [3.05, 3.63) is 69.8 Å². The van der Waals surface area contributed by atoms with Gasteiger partial charge in [-0.3, -0.25) is 14.9 Å². The van der Waals surface area contributed by atoms with E-state index < -0.39 is 4.92 Å². The lowest BCUT2D eigenvalue weighted by molar-refractivity contribution is -0.385. The van der Waals surface area contributed by atoms with Gasteiger partial charge >= 0.3 is 5.97 Å². The van der Waals surface area contributed by atoms with E-state index in [9.17, 15) is 14.9 Å². The third-order valence-corrected chi connectivity index (χ3v) is 3.36. The van der Waals surface area contributed by atoms with Crippen molar-refractivity contribution in [2.75, 3.05) is 7.11 Å². The van der Waals surface area contributed by atoms with Crippen LogP contribution in [0.2, 0.25) is 0 Å². The molecule has 0 aromatic heterocycles. The molecular weight excluding hydrogens is 298 g/mol. The van der Waals surface area contributed by atoms with Crippen LogP contribution < -0.4 is 4.74 Å². The second-order valence-corrected chi connectivity index (χ2v) is 5.01. The summed E-state index contributed by atoms with van der Waals surface area (Å²) in [7, 11) is 1.35. The lowest BCUT2D eigenvalue weighted by atomic mass is 10.1. The first kappa shape index (κ1) is 16.5. The molecule has 0 fully saturated rings. The maximum absolute atomic E-state index is 11.2. The molecule has 120 valence electrons. The van der Waals surface area contributed by atoms with Crippen LogP contribution in [0.3, 0.4) is 0 Å². The van der Waals surface area contributed by atoms with Crippen LogP contribution in [-0.2, 0) is 16.0 Å². The summed E-state index contributed by atoms with van der Waals surface area (Å²) < 4.78 is 10.4. The minimum atomic E-state index is -0.433. The molecule has 1 atom stereocenters. The van der Waals surface area contributed by atoms with Gasteiger partial charge in [0.15, 0.2) is 0 Å². The van der Waals surface area contributed by atoms with Crippen LogP contribution in [0.25, 0.3) is 0 Å². The maximum atomic E-state index is 11.2. The third-order valence-electron chi connectivity index (χ3n) is 3.36. The number of nitro groups is 1. The summed E-state index contributed by atoms with van der Waals surface area (Å²) in [5.74, 6) is 0.321. The average Bonchev–Trinajstić information content (AvgIpc) is 2.56. The molecule has 0 saturated heterocycles. The number of benzene rings is 2. The minimum Gasteiger partial charge on any atom is -0.486 e. The molecule has 0 heterocycles. The van der Waals surface area contributed by atoms with E-state index in [1.54, 1.807) is 36.4 Å². The van der Waals surface area contributed by atoms with Crippen molar-refractivity contribution in [3.63, 3.8) is 0 Å². The lowest BCUT2D eigenvalue weighted by Crippen LogP contribution is -2.05. The Balaban J connectivity index is 2.05. The van der Waals surface area contributed by atoms with Gasteiger partial charge in [-0.2, -0.15) is 0 Å². The smallest absolute Gasteiger partial charge is 0.309 e. The predicted octanol–water partition coefficient (Wildman–Crippen LogP) is 3.45. The second-order valence-electron chi connectivity index (χ2n) is 5.01. The number of rotatable bonds is 6. The zero-order valence-corrected chi connectivity index (χ0v) is 12.9. The van der Waals surface area contributed by atoms with Crippen LogP contribution in [0.15, 0.2) is 48.5 Å². The Morgan fingerprint density at radius 2 is 1.91 bits per heavy atom. The molecule has 6 nitrogen and oxygen atoms in total. The van der Waals surface area contributed by atoms with Gasteiger partial charge in [0.25, 0.3) is 5.69 Å². The van der Waals surface area contributed by atoms with E-state index in [0.29, 0.717) is 5.75 Å². The lowest BCUT2D eigenvalue weighted by Gasteiger charge is -2.15. The first-order chi connectivity index (χ1) is 11.0. The second kappa shape index (κ2) is 7.40. The molecule has 0 aliphatic rings. The number of carbonyl (C=O) groups is 1. The molecular formula is C17H17NO5. The Kier molecular flexibility index (Phi) is 5.30. The first-order valence-electron chi connectivity index (χ1n) is 7.06. The third kappa shape index (κ3) is 4.54. The molecule has 2 rings (SSSR count).